The fraction of sp³-hybridized carbons (Fsp3) is 0.615. The van der Waals surface area contributed by atoms with Gasteiger partial charge in [0.15, 0.2) is 5.78 Å². The van der Waals surface area contributed by atoms with E-state index in [4.69, 9.17) is 0 Å². The summed E-state index contributed by atoms with van der Waals surface area (Å²) in [5.74, 6) is 0.877. The molecule has 78 valence electrons. The molecule has 1 rings (SSSR count). The Hall–Kier alpha value is -0.850. The van der Waals surface area contributed by atoms with Crippen LogP contribution in [0.25, 0.3) is 0 Å². The van der Waals surface area contributed by atoms with Gasteiger partial charge in [0.2, 0.25) is 0 Å². The number of carbonyl (C=O) groups excluding carboxylic acids is 1. The zero-order valence-corrected chi connectivity index (χ0v) is 9.25. The van der Waals surface area contributed by atoms with Crippen molar-refractivity contribution in [3.8, 4) is 0 Å². The van der Waals surface area contributed by atoms with Crippen molar-refractivity contribution in [2.75, 3.05) is 0 Å². The summed E-state index contributed by atoms with van der Waals surface area (Å²) in [4.78, 5) is 10.7. The van der Waals surface area contributed by atoms with Crippen LogP contribution in [0.3, 0.4) is 0 Å². The Balaban J connectivity index is 2.44. The van der Waals surface area contributed by atoms with Gasteiger partial charge in [0.25, 0.3) is 0 Å². The van der Waals surface area contributed by atoms with E-state index < -0.39 is 0 Å². The van der Waals surface area contributed by atoms with Crippen molar-refractivity contribution >= 4 is 5.78 Å². The molecule has 0 aliphatic heterocycles. The zero-order valence-electron chi connectivity index (χ0n) is 9.25. The predicted octanol–water partition coefficient (Wildman–Crippen LogP) is 3.66. The second-order valence-corrected chi connectivity index (χ2v) is 4.25. The first kappa shape index (κ1) is 11.2. The molecule has 0 heterocycles. The highest BCUT2D eigenvalue weighted by Crippen LogP contribution is 2.25. The Morgan fingerprint density at radius 2 is 1.71 bits per heavy atom. The quantitative estimate of drug-likeness (QED) is 0.492. The van der Waals surface area contributed by atoms with Crippen molar-refractivity contribution in [3.63, 3.8) is 0 Å². The molecule has 0 aromatic heterocycles. The van der Waals surface area contributed by atoms with Gasteiger partial charge in [0, 0.05) is 0 Å². The number of hydrogen-bond donors (Lipinski definition) is 0. The van der Waals surface area contributed by atoms with Crippen molar-refractivity contribution in [1.29, 1.82) is 0 Å². The van der Waals surface area contributed by atoms with Gasteiger partial charge in [0.1, 0.15) is 0 Å². The van der Waals surface area contributed by atoms with Gasteiger partial charge >= 0.3 is 0 Å². The normalized spacial score (nSPS) is 20.3. The minimum atomic E-state index is 0.126. The molecule has 0 spiro atoms. The molecule has 0 N–H and O–H groups in total. The first-order valence-electron chi connectivity index (χ1n) is 5.55. The SMILES string of the molecule is CC(=O)C=CC(C)=CC1CCCCC1. The summed E-state index contributed by atoms with van der Waals surface area (Å²) in [5, 5.41) is 0. The van der Waals surface area contributed by atoms with Crippen LogP contribution in [0.1, 0.15) is 46.0 Å². The molecule has 1 aliphatic rings. The number of carbonyl (C=O) groups is 1. The molecular weight excluding hydrogens is 172 g/mol. The maximum atomic E-state index is 10.7. The first-order chi connectivity index (χ1) is 6.68. The third kappa shape index (κ3) is 4.40. The molecule has 1 heteroatoms. The Kier molecular flexibility index (Phi) is 4.64. The lowest BCUT2D eigenvalue weighted by Crippen LogP contribution is -2.03. The lowest BCUT2D eigenvalue weighted by Gasteiger charge is -2.18. The summed E-state index contributed by atoms with van der Waals surface area (Å²) in [6.45, 7) is 3.67. The zero-order chi connectivity index (χ0) is 10.4. The minimum absolute atomic E-state index is 0.126. The Labute approximate surface area is 86.9 Å². The average molecular weight is 192 g/mol. The van der Waals surface area contributed by atoms with Crippen LogP contribution in [0.15, 0.2) is 23.8 Å². The molecule has 0 saturated heterocycles. The summed E-state index contributed by atoms with van der Waals surface area (Å²) < 4.78 is 0. The molecule has 1 nitrogen and oxygen atoms in total. The topological polar surface area (TPSA) is 17.1 Å². The van der Waals surface area contributed by atoms with Crippen LogP contribution < -0.4 is 0 Å². The van der Waals surface area contributed by atoms with E-state index in [1.54, 1.807) is 13.0 Å². The fourth-order valence-corrected chi connectivity index (χ4v) is 1.98. The molecule has 0 unspecified atom stereocenters. The lowest BCUT2D eigenvalue weighted by atomic mass is 9.88. The largest absolute Gasteiger partial charge is 0.295 e. The molecule has 0 aromatic carbocycles. The molecule has 1 aliphatic carbocycles. The molecule has 0 amide bonds. The van der Waals surface area contributed by atoms with Gasteiger partial charge in [-0.1, -0.05) is 37.0 Å². The third-order valence-electron chi connectivity index (χ3n) is 2.73. The summed E-state index contributed by atoms with van der Waals surface area (Å²) in [6.07, 6.45) is 12.7. The second-order valence-electron chi connectivity index (χ2n) is 4.25. The molecular formula is C13H20O. The first-order valence-corrected chi connectivity index (χ1v) is 5.55. The van der Waals surface area contributed by atoms with Crippen molar-refractivity contribution in [3.05, 3.63) is 23.8 Å². The van der Waals surface area contributed by atoms with Gasteiger partial charge in [-0.05, 0) is 38.7 Å². The van der Waals surface area contributed by atoms with Crippen LogP contribution in [0, 0.1) is 5.92 Å². The molecule has 0 radical (unpaired) electrons. The Bertz CT molecular complexity index is 242. The Morgan fingerprint density at radius 1 is 1.07 bits per heavy atom. The highest BCUT2D eigenvalue weighted by atomic mass is 16.1. The van der Waals surface area contributed by atoms with Crippen molar-refractivity contribution in [2.24, 2.45) is 5.92 Å². The molecule has 14 heavy (non-hydrogen) atoms. The van der Waals surface area contributed by atoms with Crippen molar-refractivity contribution in [2.45, 2.75) is 46.0 Å². The van der Waals surface area contributed by atoms with Crippen LogP contribution in [0.4, 0.5) is 0 Å². The lowest BCUT2D eigenvalue weighted by molar-refractivity contribution is -0.112. The van der Waals surface area contributed by atoms with E-state index >= 15 is 0 Å². The predicted molar refractivity (Wildman–Crippen MR) is 60.2 cm³/mol. The van der Waals surface area contributed by atoms with Crippen LogP contribution >= 0.6 is 0 Å². The van der Waals surface area contributed by atoms with Crippen LogP contribution in [0.5, 0.6) is 0 Å². The van der Waals surface area contributed by atoms with Crippen LogP contribution in [-0.4, -0.2) is 5.78 Å². The van der Waals surface area contributed by atoms with E-state index in [9.17, 15) is 4.79 Å². The van der Waals surface area contributed by atoms with Gasteiger partial charge in [-0.25, -0.2) is 0 Å². The second kappa shape index (κ2) is 5.79. The number of hydrogen-bond acceptors (Lipinski definition) is 1. The van der Waals surface area contributed by atoms with Gasteiger partial charge in [0.05, 0.1) is 0 Å². The highest BCUT2D eigenvalue weighted by molar-refractivity contribution is 5.87. The summed E-state index contributed by atoms with van der Waals surface area (Å²) in [7, 11) is 0. The van der Waals surface area contributed by atoms with Gasteiger partial charge in [-0.2, -0.15) is 0 Å². The number of allylic oxidation sites excluding steroid dienone is 4. The highest BCUT2D eigenvalue weighted by Gasteiger charge is 2.10. The van der Waals surface area contributed by atoms with E-state index in [2.05, 4.69) is 13.0 Å². The molecule has 0 atom stereocenters. The molecule has 0 bridgehead atoms. The van der Waals surface area contributed by atoms with E-state index in [0.717, 1.165) is 5.92 Å². The summed E-state index contributed by atoms with van der Waals surface area (Å²) >= 11 is 0. The van der Waals surface area contributed by atoms with E-state index in [0.29, 0.717) is 0 Å². The fourth-order valence-electron chi connectivity index (χ4n) is 1.98. The Morgan fingerprint density at radius 3 is 2.29 bits per heavy atom. The maximum absolute atomic E-state index is 10.7. The van der Waals surface area contributed by atoms with E-state index in [1.807, 2.05) is 6.08 Å². The smallest absolute Gasteiger partial charge is 0.152 e. The average Bonchev–Trinajstić information content (AvgIpc) is 2.16. The van der Waals surface area contributed by atoms with Crippen LogP contribution in [0.2, 0.25) is 0 Å². The van der Waals surface area contributed by atoms with Gasteiger partial charge in [-0.15, -0.1) is 0 Å². The van der Waals surface area contributed by atoms with Crippen molar-refractivity contribution in [1.82, 2.24) is 0 Å². The molecule has 1 fully saturated rings. The molecule has 0 aromatic rings. The number of ketones is 1. The van der Waals surface area contributed by atoms with Crippen LogP contribution in [-0.2, 0) is 4.79 Å². The summed E-state index contributed by atoms with van der Waals surface area (Å²) in [6, 6.07) is 0. The van der Waals surface area contributed by atoms with E-state index in [1.165, 1.54) is 37.7 Å². The number of rotatable bonds is 3. The summed E-state index contributed by atoms with van der Waals surface area (Å²) in [5.41, 5.74) is 1.23. The molecule has 1 saturated carbocycles. The van der Waals surface area contributed by atoms with Crippen molar-refractivity contribution < 1.29 is 4.79 Å². The standard InChI is InChI=1S/C13H20O/c1-11(8-9-12(2)14)10-13-6-4-3-5-7-13/h8-10,13H,3-7H2,1-2H3. The third-order valence-corrected chi connectivity index (χ3v) is 2.73. The van der Waals surface area contributed by atoms with E-state index in [-0.39, 0.29) is 5.78 Å². The van der Waals surface area contributed by atoms with Gasteiger partial charge < -0.3 is 0 Å². The van der Waals surface area contributed by atoms with Gasteiger partial charge in [-0.3, -0.25) is 4.79 Å². The maximum Gasteiger partial charge on any atom is 0.152 e. The monoisotopic (exact) mass is 192 g/mol. The minimum Gasteiger partial charge on any atom is -0.295 e.